The van der Waals surface area contributed by atoms with Gasteiger partial charge in [0, 0.05) is 37.1 Å². The van der Waals surface area contributed by atoms with Gasteiger partial charge < -0.3 is 9.64 Å². The van der Waals surface area contributed by atoms with E-state index in [2.05, 4.69) is 20.9 Å². The zero-order valence-corrected chi connectivity index (χ0v) is 15.6. The summed E-state index contributed by atoms with van der Waals surface area (Å²) in [5.41, 5.74) is 3.81. The van der Waals surface area contributed by atoms with E-state index in [0.29, 0.717) is 31.4 Å². The second-order valence-corrected chi connectivity index (χ2v) is 6.62. The van der Waals surface area contributed by atoms with Gasteiger partial charge >= 0.3 is 0 Å². The lowest BCUT2D eigenvalue weighted by Gasteiger charge is -2.27. The summed E-state index contributed by atoms with van der Waals surface area (Å²) in [5, 5.41) is 0. The molecule has 1 aliphatic rings. The second-order valence-electron chi connectivity index (χ2n) is 6.62. The van der Waals surface area contributed by atoms with E-state index in [-0.39, 0.29) is 0 Å². The number of pyridine rings is 2. The van der Waals surface area contributed by atoms with E-state index in [0.717, 1.165) is 41.6 Å². The van der Waals surface area contributed by atoms with Gasteiger partial charge in [0.05, 0.1) is 13.2 Å². The van der Waals surface area contributed by atoms with Crippen LogP contribution in [-0.2, 0) is 11.2 Å². The molecular weight excluding hydrogens is 340 g/mol. The van der Waals surface area contributed by atoms with E-state index in [9.17, 15) is 0 Å². The van der Waals surface area contributed by atoms with E-state index < -0.39 is 0 Å². The molecular formula is C20H22N6O. The molecule has 1 fully saturated rings. The summed E-state index contributed by atoms with van der Waals surface area (Å²) < 4.78 is 5.46. The van der Waals surface area contributed by atoms with Crippen LogP contribution in [0.5, 0.6) is 0 Å². The lowest BCUT2D eigenvalue weighted by Crippen LogP contribution is -2.37. The Morgan fingerprint density at radius 2 is 1.81 bits per heavy atom. The number of nitrogens with zero attached hydrogens (tertiary/aromatic N) is 6. The molecule has 0 N–H and O–H groups in total. The van der Waals surface area contributed by atoms with Crippen LogP contribution in [0.15, 0.2) is 36.5 Å². The van der Waals surface area contributed by atoms with Crippen molar-refractivity contribution in [2.24, 2.45) is 0 Å². The number of morpholine rings is 1. The highest BCUT2D eigenvalue weighted by Gasteiger charge is 2.18. The first-order valence-electron chi connectivity index (χ1n) is 9.10. The number of aromatic nitrogens is 5. The highest BCUT2D eigenvalue weighted by molar-refractivity contribution is 5.51. The third kappa shape index (κ3) is 4.25. The fourth-order valence-electron chi connectivity index (χ4n) is 3.07. The van der Waals surface area contributed by atoms with Gasteiger partial charge in [-0.1, -0.05) is 6.07 Å². The molecule has 0 unspecified atom stereocenters. The highest BCUT2D eigenvalue weighted by Crippen LogP contribution is 2.19. The van der Waals surface area contributed by atoms with Gasteiger partial charge in [-0.15, -0.1) is 0 Å². The first kappa shape index (κ1) is 17.5. The monoisotopic (exact) mass is 362 g/mol. The van der Waals surface area contributed by atoms with Gasteiger partial charge in [-0.25, -0.2) is 9.97 Å². The quantitative estimate of drug-likeness (QED) is 0.705. The molecule has 27 heavy (non-hydrogen) atoms. The lowest BCUT2D eigenvalue weighted by molar-refractivity contribution is 0.122. The molecule has 0 spiro atoms. The minimum absolute atomic E-state index is 0.607. The summed E-state index contributed by atoms with van der Waals surface area (Å²) in [4.78, 5) is 25.1. The molecule has 0 aromatic carbocycles. The van der Waals surface area contributed by atoms with E-state index in [1.165, 1.54) is 0 Å². The summed E-state index contributed by atoms with van der Waals surface area (Å²) in [6.45, 7) is 6.87. The maximum atomic E-state index is 5.46. The zero-order valence-electron chi connectivity index (χ0n) is 15.6. The van der Waals surface area contributed by atoms with Gasteiger partial charge in [0.1, 0.15) is 11.5 Å². The Labute approximate surface area is 158 Å². The number of ether oxygens (including phenoxy) is 1. The molecule has 3 aromatic heterocycles. The van der Waals surface area contributed by atoms with Crippen LogP contribution in [0.1, 0.15) is 22.8 Å². The molecule has 0 amide bonds. The third-order valence-corrected chi connectivity index (χ3v) is 4.40. The molecule has 0 atom stereocenters. The minimum Gasteiger partial charge on any atom is -0.378 e. The van der Waals surface area contributed by atoms with Gasteiger partial charge in [0.15, 0.2) is 5.82 Å². The summed E-state index contributed by atoms with van der Waals surface area (Å²) in [7, 11) is 0. The molecule has 138 valence electrons. The largest absolute Gasteiger partial charge is 0.378 e. The Hall–Kier alpha value is -2.93. The van der Waals surface area contributed by atoms with Crippen molar-refractivity contribution in [3.63, 3.8) is 0 Å². The molecule has 0 radical (unpaired) electrons. The van der Waals surface area contributed by atoms with Crippen molar-refractivity contribution in [1.82, 2.24) is 24.9 Å². The Balaban J connectivity index is 1.73. The minimum atomic E-state index is 0.607. The van der Waals surface area contributed by atoms with Crippen LogP contribution >= 0.6 is 0 Å². The molecule has 7 heteroatoms. The second kappa shape index (κ2) is 7.75. The van der Waals surface area contributed by atoms with Crippen LogP contribution in [0.2, 0.25) is 0 Å². The lowest BCUT2D eigenvalue weighted by atomic mass is 10.1. The number of hydrogen-bond acceptors (Lipinski definition) is 7. The maximum absolute atomic E-state index is 5.46. The van der Waals surface area contributed by atoms with Crippen LogP contribution in [0.25, 0.3) is 11.5 Å². The summed E-state index contributed by atoms with van der Waals surface area (Å²) in [6, 6.07) is 9.93. The molecule has 4 rings (SSSR count). The topological polar surface area (TPSA) is 76.9 Å². The van der Waals surface area contributed by atoms with Crippen LogP contribution in [0, 0.1) is 13.8 Å². The first-order chi connectivity index (χ1) is 13.2. The smallest absolute Gasteiger partial charge is 0.229 e. The van der Waals surface area contributed by atoms with Crippen molar-refractivity contribution in [2.45, 2.75) is 20.3 Å². The molecule has 1 aliphatic heterocycles. The van der Waals surface area contributed by atoms with Crippen molar-refractivity contribution >= 4 is 5.95 Å². The maximum Gasteiger partial charge on any atom is 0.229 e. The van der Waals surface area contributed by atoms with Crippen molar-refractivity contribution < 1.29 is 4.74 Å². The van der Waals surface area contributed by atoms with Gasteiger partial charge in [-0.05, 0) is 43.7 Å². The molecule has 3 aromatic rings. The average molecular weight is 362 g/mol. The van der Waals surface area contributed by atoms with Crippen molar-refractivity contribution in [1.29, 1.82) is 0 Å². The predicted molar refractivity (Wildman–Crippen MR) is 103 cm³/mol. The molecule has 0 aliphatic carbocycles. The summed E-state index contributed by atoms with van der Waals surface area (Å²) in [6.07, 6.45) is 2.44. The average Bonchev–Trinajstić information content (AvgIpc) is 2.68. The summed E-state index contributed by atoms with van der Waals surface area (Å²) >= 11 is 0. The van der Waals surface area contributed by atoms with Gasteiger partial charge in [-0.3, -0.25) is 4.98 Å². The van der Waals surface area contributed by atoms with Crippen molar-refractivity contribution in [3.05, 3.63) is 59.3 Å². The predicted octanol–water partition coefficient (Wildman–Crippen LogP) is 2.37. The Morgan fingerprint density at radius 3 is 2.59 bits per heavy atom. The van der Waals surface area contributed by atoms with Crippen LogP contribution in [-0.4, -0.2) is 51.2 Å². The van der Waals surface area contributed by atoms with Crippen LogP contribution in [0.3, 0.4) is 0 Å². The van der Waals surface area contributed by atoms with Gasteiger partial charge in [0.25, 0.3) is 0 Å². The van der Waals surface area contributed by atoms with Gasteiger partial charge in [0.2, 0.25) is 5.95 Å². The number of rotatable bonds is 4. The molecule has 7 nitrogen and oxygen atoms in total. The Bertz CT molecular complexity index is 939. The molecule has 4 heterocycles. The molecule has 1 saturated heterocycles. The fraction of sp³-hybridized carbons (Fsp3) is 0.350. The number of hydrogen-bond donors (Lipinski definition) is 0. The van der Waals surface area contributed by atoms with E-state index in [1.807, 2.05) is 44.3 Å². The SMILES string of the molecule is Cc1cc(Cc2nc(-c3cccc(C)n3)nc(N3CCOCC3)n2)ccn1. The first-order valence-corrected chi connectivity index (χ1v) is 9.10. The van der Waals surface area contributed by atoms with Crippen molar-refractivity contribution in [2.75, 3.05) is 31.2 Å². The number of aryl methyl sites for hydroxylation is 2. The van der Waals surface area contributed by atoms with Crippen LogP contribution in [0.4, 0.5) is 5.95 Å². The van der Waals surface area contributed by atoms with Crippen LogP contribution < -0.4 is 4.90 Å². The van der Waals surface area contributed by atoms with E-state index in [4.69, 9.17) is 19.7 Å². The zero-order chi connectivity index (χ0) is 18.6. The fourth-order valence-corrected chi connectivity index (χ4v) is 3.07. The summed E-state index contributed by atoms with van der Waals surface area (Å²) in [5.74, 6) is 2.03. The van der Waals surface area contributed by atoms with E-state index >= 15 is 0 Å². The standard InChI is InChI=1S/C20H22N6O/c1-14-4-3-5-17(22-14)19-23-18(13-16-6-7-21-15(2)12-16)24-20(25-19)26-8-10-27-11-9-26/h3-7,12H,8-11,13H2,1-2H3. The third-order valence-electron chi connectivity index (χ3n) is 4.40. The Kier molecular flexibility index (Phi) is 5.02. The van der Waals surface area contributed by atoms with Gasteiger partial charge in [-0.2, -0.15) is 9.97 Å². The molecule has 0 bridgehead atoms. The molecule has 0 saturated carbocycles. The Morgan fingerprint density at radius 1 is 0.963 bits per heavy atom. The van der Waals surface area contributed by atoms with E-state index in [1.54, 1.807) is 0 Å². The highest BCUT2D eigenvalue weighted by atomic mass is 16.5. The van der Waals surface area contributed by atoms with Crippen molar-refractivity contribution in [3.8, 4) is 11.5 Å². The normalized spacial score (nSPS) is 14.4. The number of anilines is 1.